The predicted molar refractivity (Wildman–Crippen MR) is 118 cm³/mol. The van der Waals surface area contributed by atoms with E-state index < -0.39 is 0 Å². The number of benzene rings is 1. The Kier molecular flexibility index (Phi) is 6.44. The molecule has 2 aromatic heterocycles. The number of carbonyl (C=O) groups is 1. The third-order valence-electron chi connectivity index (χ3n) is 4.95. The summed E-state index contributed by atoms with van der Waals surface area (Å²) in [4.78, 5) is 30.0. The maximum atomic E-state index is 12.6. The summed E-state index contributed by atoms with van der Waals surface area (Å²) in [5, 5.41) is 0.601. The Bertz CT molecular complexity index is 976. The number of carbonyl (C=O) groups excluding carboxylic acids is 1. The van der Waals surface area contributed by atoms with E-state index in [0.29, 0.717) is 24.0 Å². The van der Waals surface area contributed by atoms with Gasteiger partial charge in [0.25, 0.3) is 0 Å². The van der Waals surface area contributed by atoms with Crippen molar-refractivity contribution in [3.8, 4) is 17.0 Å². The van der Waals surface area contributed by atoms with Gasteiger partial charge in [0, 0.05) is 44.1 Å². The molecule has 0 radical (unpaired) electrons. The minimum atomic E-state index is 0.110. The molecule has 3 aromatic rings. The third-order valence-corrected chi connectivity index (χ3v) is 5.80. The van der Waals surface area contributed by atoms with Crippen LogP contribution in [0.1, 0.15) is 0 Å². The molecule has 0 atom stereocenters. The Balaban J connectivity index is 1.31. The Hall–Kier alpha value is -3.13. The second-order valence-electron chi connectivity index (χ2n) is 6.80. The van der Waals surface area contributed by atoms with Gasteiger partial charge < -0.3 is 14.5 Å². The molecule has 154 valence electrons. The van der Waals surface area contributed by atoms with Gasteiger partial charge >= 0.3 is 0 Å². The fraction of sp³-hybridized carbons (Fsp3) is 0.273. The maximum Gasteiger partial charge on any atom is 0.233 e. The van der Waals surface area contributed by atoms with E-state index >= 15 is 0 Å². The van der Waals surface area contributed by atoms with E-state index in [9.17, 15) is 4.79 Å². The minimum Gasteiger partial charge on any atom is -0.497 e. The molecule has 0 N–H and O–H groups in total. The Morgan fingerprint density at radius 1 is 1.00 bits per heavy atom. The molecule has 0 unspecified atom stereocenters. The summed E-state index contributed by atoms with van der Waals surface area (Å²) in [6.07, 6.45) is 3.52. The van der Waals surface area contributed by atoms with E-state index in [4.69, 9.17) is 4.74 Å². The zero-order valence-electron chi connectivity index (χ0n) is 16.8. The van der Waals surface area contributed by atoms with E-state index in [0.717, 1.165) is 35.9 Å². The highest BCUT2D eigenvalue weighted by Crippen LogP contribution is 2.23. The van der Waals surface area contributed by atoms with Gasteiger partial charge in [-0.3, -0.25) is 4.79 Å². The second kappa shape index (κ2) is 9.58. The van der Waals surface area contributed by atoms with Crippen LogP contribution < -0.4 is 9.64 Å². The number of hydrogen-bond acceptors (Lipinski definition) is 7. The lowest BCUT2D eigenvalue weighted by Gasteiger charge is -2.35. The number of hydrogen-bond donors (Lipinski definition) is 0. The number of piperazine rings is 1. The summed E-state index contributed by atoms with van der Waals surface area (Å²) in [5.74, 6) is 2.20. The molecule has 0 saturated carbocycles. The molecule has 8 heteroatoms. The van der Waals surface area contributed by atoms with Gasteiger partial charge in [-0.1, -0.05) is 17.8 Å². The first-order valence-corrected chi connectivity index (χ1v) is 10.8. The highest BCUT2D eigenvalue weighted by atomic mass is 32.2. The van der Waals surface area contributed by atoms with Crippen molar-refractivity contribution < 1.29 is 9.53 Å². The highest BCUT2D eigenvalue weighted by molar-refractivity contribution is 7.99. The topological polar surface area (TPSA) is 71.5 Å². The van der Waals surface area contributed by atoms with Crippen molar-refractivity contribution in [3.05, 3.63) is 60.9 Å². The molecule has 1 aliphatic heterocycles. The summed E-state index contributed by atoms with van der Waals surface area (Å²) < 4.78 is 5.20. The summed E-state index contributed by atoms with van der Waals surface area (Å²) in [5.41, 5.74) is 1.81. The zero-order valence-corrected chi connectivity index (χ0v) is 17.6. The van der Waals surface area contributed by atoms with Crippen molar-refractivity contribution in [2.24, 2.45) is 0 Å². The van der Waals surface area contributed by atoms with Crippen LogP contribution in [0.4, 0.5) is 5.82 Å². The number of anilines is 1. The largest absolute Gasteiger partial charge is 0.497 e. The fourth-order valence-electron chi connectivity index (χ4n) is 3.28. The molecule has 1 fully saturated rings. The van der Waals surface area contributed by atoms with E-state index in [1.165, 1.54) is 11.8 Å². The van der Waals surface area contributed by atoms with Crippen LogP contribution in [-0.4, -0.2) is 64.8 Å². The van der Waals surface area contributed by atoms with Crippen molar-refractivity contribution in [3.63, 3.8) is 0 Å². The highest BCUT2D eigenvalue weighted by Gasteiger charge is 2.22. The van der Waals surface area contributed by atoms with E-state index in [1.54, 1.807) is 19.5 Å². The van der Waals surface area contributed by atoms with Crippen LogP contribution in [-0.2, 0) is 4.79 Å². The standard InChI is InChI=1S/C22H23N5O2S/c1-29-18-7-5-17(6-8-18)19-9-11-24-22(25-19)30-16-21(28)27-14-12-26(13-15-27)20-4-2-3-10-23-20/h2-11H,12-16H2,1H3. The van der Waals surface area contributed by atoms with E-state index in [-0.39, 0.29) is 5.91 Å². The number of aromatic nitrogens is 3. The number of amides is 1. The predicted octanol–water partition coefficient (Wildman–Crippen LogP) is 2.99. The average Bonchev–Trinajstić information content (AvgIpc) is 2.83. The molecule has 3 heterocycles. The molecule has 0 spiro atoms. The average molecular weight is 422 g/mol. The molecular formula is C22H23N5O2S. The minimum absolute atomic E-state index is 0.110. The maximum absolute atomic E-state index is 12.6. The number of ether oxygens (including phenoxy) is 1. The molecule has 1 aliphatic rings. The summed E-state index contributed by atoms with van der Waals surface area (Å²) in [7, 11) is 1.64. The van der Waals surface area contributed by atoms with E-state index in [1.807, 2.05) is 53.4 Å². The second-order valence-corrected chi connectivity index (χ2v) is 7.74. The molecule has 1 aromatic carbocycles. The SMILES string of the molecule is COc1ccc(-c2ccnc(SCC(=O)N3CCN(c4ccccn4)CC3)n2)cc1. The third kappa shape index (κ3) is 4.88. The Morgan fingerprint density at radius 2 is 1.80 bits per heavy atom. The molecule has 0 aliphatic carbocycles. The van der Waals surface area contributed by atoms with Gasteiger partial charge in [-0.25, -0.2) is 15.0 Å². The molecule has 7 nitrogen and oxygen atoms in total. The van der Waals surface area contributed by atoms with Gasteiger partial charge in [-0.2, -0.15) is 0 Å². The van der Waals surface area contributed by atoms with Crippen molar-refractivity contribution in [2.75, 3.05) is 43.9 Å². The lowest BCUT2D eigenvalue weighted by molar-refractivity contribution is -0.128. The normalized spacial score (nSPS) is 13.9. The number of nitrogens with zero attached hydrogens (tertiary/aromatic N) is 5. The van der Waals surface area contributed by atoms with Crippen molar-refractivity contribution in [1.82, 2.24) is 19.9 Å². The van der Waals surface area contributed by atoms with Gasteiger partial charge in [0.2, 0.25) is 5.91 Å². The molecule has 1 saturated heterocycles. The summed E-state index contributed by atoms with van der Waals surface area (Å²) in [6.45, 7) is 2.97. The molecular weight excluding hydrogens is 398 g/mol. The molecule has 30 heavy (non-hydrogen) atoms. The quantitative estimate of drug-likeness (QED) is 0.448. The van der Waals surface area contributed by atoms with Crippen LogP contribution in [0.5, 0.6) is 5.75 Å². The fourth-order valence-corrected chi connectivity index (χ4v) is 4.01. The molecule has 4 rings (SSSR count). The first-order valence-electron chi connectivity index (χ1n) is 9.77. The Morgan fingerprint density at radius 3 is 2.50 bits per heavy atom. The van der Waals surface area contributed by atoms with Crippen LogP contribution in [0.15, 0.2) is 66.1 Å². The summed E-state index contributed by atoms with van der Waals surface area (Å²) >= 11 is 1.37. The van der Waals surface area contributed by atoms with Crippen molar-refractivity contribution >= 4 is 23.5 Å². The monoisotopic (exact) mass is 421 g/mol. The number of methoxy groups -OCH3 is 1. The first-order chi connectivity index (χ1) is 14.7. The zero-order chi connectivity index (χ0) is 20.8. The number of rotatable bonds is 6. The van der Waals surface area contributed by atoms with Crippen LogP contribution in [0, 0.1) is 0 Å². The number of thioether (sulfide) groups is 1. The van der Waals surface area contributed by atoms with Crippen molar-refractivity contribution in [2.45, 2.75) is 5.16 Å². The van der Waals surface area contributed by atoms with Crippen LogP contribution in [0.3, 0.4) is 0 Å². The van der Waals surface area contributed by atoms with Crippen LogP contribution in [0.25, 0.3) is 11.3 Å². The van der Waals surface area contributed by atoms with Crippen molar-refractivity contribution in [1.29, 1.82) is 0 Å². The van der Waals surface area contributed by atoms with Gasteiger partial charge in [0.05, 0.1) is 18.6 Å². The van der Waals surface area contributed by atoms with Crippen LogP contribution in [0.2, 0.25) is 0 Å². The lowest BCUT2D eigenvalue weighted by atomic mass is 10.1. The lowest BCUT2D eigenvalue weighted by Crippen LogP contribution is -2.49. The van der Waals surface area contributed by atoms with Gasteiger partial charge in [0.15, 0.2) is 5.16 Å². The molecule has 1 amide bonds. The summed E-state index contributed by atoms with van der Waals surface area (Å²) in [6, 6.07) is 15.5. The van der Waals surface area contributed by atoms with Gasteiger partial charge in [0.1, 0.15) is 11.6 Å². The van der Waals surface area contributed by atoms with E-state index in [2.05, 4.69) is 19.9 Å². The smallest absolute Gasteiger partial charge is 0.233 e. The molecule has 0 bridgehead atoms. The number of pyridine rings is 1. The van der Waals surface area contributed by atoms with Crippen LogP contribution >= 0.6 is 11.8 Å². The Labute approximate surface area is 180 Å². The first kappa shape index (κ1) is 20.2. The van der Waals surface area contributed by atoms with Gasteiger partial charge in [-0.15, -0.1) is 0 Å². The van der Waals surface area contributed by atoms with Gasteiger partial charge in [-0.05, 0) is 42.5 Å².